The Morgan fingerprint density at radius 1 is 1.13 bits per heavy atom. The molecule has 162 valence electrons. The molecule has 0 radical (unpaired) electrons. The normalized spacial score (nSPS) is 15.4. The Balaban J connectivity index is 1.47. The van der Waals surface area contributed by atoms with Crippen molar-refractivity contribution in [3.05, 3.63) is 59.1 Å². The molecule has 1 heterocycles. The number of amides is 3. The van der Waals surface area contributed by atoms with E-state index in [1.165, 1.54) is 13.2 Å². The van der Waals surface area contributed by atoms with E-state index in [9.17, 15) is 19.2 Å². The molecule has 0 spiro atoms. The molecule has 0 bridgehead atoms. The Morgan fingerprint density at radius 2 is 1.84 bits per heavy atom. The number of hydrazine groups is 1. The molecule has 2 aromatic carbocycles. The molecule has 0 unspecified atom stereocenters. The number of carbonyl (C=O) groups excluding carboxylic acids is 4. The van der Waals surface area contributed by atoms with E-state index in [1.807, 2.05) is 0 Å². The largest absolute Gasteiger partial charge is 0.497 e. The van der Waals surface area contributed by atoms with E-state index in [2.05, 4.69) is 10.7 Å². The van der Waals surface area contributed by atoms with E-state index in [4.69, 9.17) is 21.1 Å². The zero-order valence-corrected chi connectivity index (χ0v) is 17.3. The fourth-order valence-corrected chi connectivity index (χ4v) is 3.15. The van der Waals surface area contributed by atoms with Crippen molar-refractivity contribution >= 4 is 41.0 Å². The van der Waals surface area contributed by atoms with Gasteiger partial charge in [0.1, 0.15) is 5.75 Å². The highest BCUT2D eigenvalue weighted by Gasteiger charge is 2.36. The van der Waals surface area contributed by atoms with Crippen LogP contribution in [0.1, 0.15) is 16.8 Å². The minimum atomic E-state index is -0.798. The number of rotatable bonds is 7. The Bertz CT molecular complexity index is 995. The molecular formula is C21H20ClN3O6. The lowest BCUT2D eigenvalue weighted by molar-refractivity contribution is -0.151. The van der Waals surface area contributed by atoms with Gasteiger partial charge in [-0.1, -0.05) is 23.7 Å². The Kier molecular flexibility index (Phi) is 7.09. The molecule has 0 aliphatic carbocycles. The van der Waals surface area contributed by atoms with E-state index >= 15 is 0 Å². The molecule has 1 atom stereocenters. The Labute approximate surface area is 183 Å². The van der Waals surface area contributed by atoms with Crippen molar-refractivity contribution in [2.75, 3.05) is 25.6 Å². The first-order chi connectivity index (χ1) is 14.9. The number of halogens is 1. The molecule has 1 fully saturated rings. The number of methoxy groups -OCH3 is 1. The van der Waals surface area contributed by atoms with Crippen molar-refractivity contribution < 1.29 is 28.7 Å². The van der Waals surface area contributed by atoms with Crippen LogP contribution in [0.3, 0.4) is 0 Å². The van der Waals surface area contributed by atoms with E-state index in [1.54, 1.807) is 42.5 Å². The van der Waals surface area contributed by atoms with E-state index in [0.29, 0.717) is 11.4 Å². The molecule has 31 heavy (non-hydrogen) atoms. The second-order valence-corrected chi connectivity index (χ2v) is 7.12. The molecule has 2 N–H and O–H groups in total. The van der Waals surface area contributed by atoms with Gasteiger partial charge in [-0.2, -0.15) is 0 Å². The van der Waals surface area contributed by atoms with Gasteiger partial charge in [0.2, 0.25) is 5.91 Å². The maximum absolute atomic E-state index is 12.3. The third-order valence-corrected chi connectivity index (χ3v) is 4.86. The van der Waals surface area contributed by atoms with Crippen molar-refractivity contribution in [3.8, 4) is 5.75 Å². The van der Waals surface area contributed by atoms with Crippen LogP contribution in [-0.2, 0) is 19.1 Å². The summed E-state index contributed by atoms with van der Waals surface area (Å²) in [6.07, 6.45) is -0.137. The standard InChI is InChI=1S/C21H20ClN3O6/c1-30-15-8-6-14(7-9-15)23-18(26)12-31-21(29)13-10-19(27)25(11-13)24-20(28)16-4-2-3-5-17(16)22/h2-9,13H,10-12H2,1H3,(H,23,26)(H,24,28)/t13-/m0/s1. The van der Waals surface area contributed by atoms with Gasteiger partial charge in [0, 0.05) is 12.1 Å². The van der Waals surface area contributed by atoms with Crippen LogP contribution in [0, 0.1) is 5.92 Å². The molecule has 9 nitrogen and oxygen atoms in total. The van der Waals surface area contributed by atoms with Gasteiger partial charge >= 0.3 is 5.97 Å². The predicted molar refractivity (Wildman–Crippen MR) is 111 cm³/mol. The summed E-state index contributed by atoms with van der Waals surface area (Å²) >= 11 is 5.98. The van der Waals surface area contributed by atoms with Crippen molar-refractivity contribution in [1.29, 1.82) is 0 Å². The molecule has 0 saturated carbocycles. The highest BCUT2D eigenvalue weighted by atomic mass is 35.5. The Hall–Kier alpha value is -3.59. The molecule has 3 rings (SSSR count). The quantitative estimate of drug-likeness (QED) is 0.630. The van der Waals surface area contributed by atoms with Gasteiger partial charge in [-0.05, 0) is 36.4 Å². The second kappa shape index (κ2) is 9.94. The highest BCUT2D eigenvalue weighted by molar-refractivity contribution is 6.33. The number of ether oxygens (including phenoxy) is 2. The smallest absolute Gasteiger partial charge is 0.311 e. The summed E-state index contributed by atoms with van der Waals surface area (Å²) in [6, 6.07) is 13.0. The summed E-state index contributed by atoms with van der Waals surface area (Å²) in [5.41, 5.74) is 3.17. The number of anilines is 1. The molecule has 1 aliphatic heterocycles. The Morgan fingerprint density at radius 3 is 2.52 bits per heavy atom. The molecule has 1 saturated heterocycles. The zero-order chi connectivity index (χ0) is 22.4. The van der Waals surface area contributed by atoms with Gasteiger partial charge in [0.25, 0.3) is 11.8 Å². The summed E-state index contributed by atoms with van der Waals surface area (Å²) in [5, 5.41) is 3.88. The molecule has 0 aromatic heterocycles. The van der Waals surface area contributed by atoms with Crippen molar-refractivity contribution in [2.45, 2.75) is 6.42 Å². The van der Waals surface area contributed by atoms with Crippen LogP contribution in [0.25, 0.3) is 0 Å². The molecule has 2 aromatic rings. The maximum atomic E-state index is 12.3. The number of benzene rings is 2. The number of nitrogens with zero attached hydrogens (tertiary/aromatic N) is 1. The third kappa shape index (κ3) is 5.73. The fraction of sp³-hybridized carbons (Fsp3) is 0.238. The minimum absolute atomic E-state index is 0.0615. The summed E-state index contributed by atoms with van der Waals surface area (Å²) < 4.78 is 10.1. The van der Waals surface area contributed by atoms with Gasteiger partial charge < -0.3 is 14.8 Å². The molecule has 3 amide bonds. The number of hydrogen-bond donors (Lipinski definition) is 2. The summed E-state index contributed by atoms with van der Waals surface area (Å²) in [6.45, 7) is -0.560. The number of nitrogens with one attached hydrogen (secondary N) is 2. The topological polar surface area (TPSA) is 114 Å². The third-order valence-electron chi connectivity index (χ3n) is 4.53. The number of hydrogen-bond acceptors (Lipinski definition) is 6. The van der Waals surface area contributed by atoms with E-state index in [0.717, 1.165) is 5.01 Å². The van der Waals surface area contributed by atoms with Crippen LogP contribution in [0.15, 0.2) is 48.5 Å². The fourth-order valence-electron chi connectivity index (χ4n) is 2.93. The summed E-state index contributed by atoms with van der Waals surface area (Å²) in [4.78, 5) is 48.7. The van der Waals surface area contributed by atoms with Gasteiger partial charge in [-0.15, -0.1) is 0 Å². The zero-order valence-electron chi connectivity index (χ0n) is 16.6. The summed E-state index contributed by atoms with van der Waals surface area (Å²) in [5.74, 6) is -2.38. The van der Waals surface area contributed by atoms with Crippen LogP contribution < -0.4 is 15.5 Å². The van der Waals surface area contributed by atoms with Crippen LogP contribution in [0.5, 0.6) is 5.75 Å². The first-order valence-corrected chi connectivity index (χ1v) is 9.71. The number of carbonyl (C=O) groups is 4. The lowest BCUT2D eigenvalue weighted by atomic mass is 10.1. The summed E-state index contributed by atoms with van der Waals surface area (Å²) in [7, 11) is 1.53. The first kappa shape index (κ1) is 22.1. The maximum Gasteiger partial charge on any atom is 0.311 e. The van der Waals surface area contributed by atoms with Crippen molar-refractivity contribution in [3.63, 3.8) is 0 Å². The van der Waals surface area contributed by atoms with E-state index < -0.39 is 36.2 Å². The van der Waals surface area contributed by atoms with Crippen LogP contribution in [0.4, 0.5) is 5.69 Å². The van der Waals surface area contributed by atoms with Crippen molar-refractivity contribution in [2.24, 2.45) is 5.92 Å². The molecule has 10 heteroatoms. The van der Waals surface area contributed by atoms with Crippen LogP contribution >= 0.6 is 11.6 Å². The predicted octanol–water partition coefficient (Wildman–Crippen LogP) is 2.02. The lowest BCUT2D eigenvalue weighted by Gasteiger charge is -2.18. The first-order valence-electron chi connectivity index (χ1n) is 9.34. The second-order valence-electron chi connectivity index (χ2n) is 6.71. The molecule has 1 aliphatic rings. The lowest BCUT2D eigenvalue weighted by Crippen LogP contribution is -2.43. The van der Waals surface area contributed by atoms with Gasteiger partial charge in [-0.3, -0.25) is 29.6 Å². The van der Waals surface area contributed by atoms with Gasteiger partial charge in [0.05, 0.1) is 30.2 Å². The highest BCUT2D eigenvalue weighted by Crippen LogP contribution is 2.20. The van der Waals surface area contributed by atoms with Crippen molar-refractivity contribution in [1.82, 2.24) is 10.4 Å². The van der Waals surface area contributed by atoms with Gasteiger partial charge in [-0.25, -0.2) is 0 Å². The SMILES string of the molecule is COc1ccc(NC(=O)COC(=O)[C@H]2CC(=O)N(NC(=O)c3ccccc3Cl)C2)cc1. The van der Waals surface area contributed by atoms with E-state index in [-0.39, 0.29) is 23.6 Å². The minimum Gasteiger partial charge on any atom is -0.497 e. The monoisotopic (exact) mass is 445 g/mol. The molecular weight excluding hydrogens is 426 g/mol. The van der Waals surface area contributed by atoms with Crippen LogP contribution in [-0.4, -0.2) is 49.0 Å². The van der Waals surface area contributed by atoms with Crippen LogP contribution in [0.2, 0.25) is 5.02 Å². The van der Waals surface area contributed by atoms with Gasteiger partial charge in [0.15, 0.2) is 6.61 Å². The average molecular weight is 446 g/mol. The average Bonchev–Trinajstić information content (AvgIpc) is 3.13. The number of esters is 1.